The SMILES string of the molecule is COc1ccc(CC(=O)NCCCCCc2nc3ccccc3n2CCOc2ccc(Cl)cc2)cc1OC. The molecule has 7 nitrogen and oxygen atoms in total. The van der Waals surface area contributed by atoms with Crippen molar-refractivity contribution in [3.8, 4) is 17.2 Å². The summed E-state index contributed by atoms with van der Waals surface area (Å²) >= 11 is 5.96. The summed E-state index contributed by atoms with van der Waals surface area (Å²) in [6, 6.07) is 21.1. The van der Waals surface area contributed by atoms with E-state index >= 15 is 0 Å². The molecule has 4 rings (SSSR count). The molecule has 0 saturated carbocycles. The van der Waals surface area contributed by atoms with Gasteiger partial charge in [0.15, 0.2) is 11.5 Å². The van der Waals surface area contributed by atoms with E-state index in [1.165, 1.54) is 0 Å². The average Bonchev–Trinajstić information content (AvgIpc) is 3.28. The van der Waals surface area contributed by atoms with E-state index in [2.05, 4.69) is 16.0 Å². The fraction of sp³-hybridized carbons (Fsp3) is 0.333. The van der Waals surface area contributed by atoms with Crippen LogP contribution in [0.25, 0.3) is 11.0 Å². The highest BCUT2D eigenvalue weighted by atomic mass is 35.5. The summed E-state index contributed by atoms with van der Waals surface area (Å²) in [5.41, 5.74) is 3.00. The van der Waals surface area contributed by atoms with E-state index in [0.717, 1.165) is 53.9 Å². The van der Waals surface area contributed by atoms with Crippen molar-refractivity contribution in [2.24, 2.45) is 0 Å². The number of imidazole rings is 1. The van der Waals surface area contributed by atoms with Crippen molar-refractivity contribution in [2.45, 2.75) is 38.6 Å². The van der Waals surface area contributed by atoms with Gasteiger partial charge in [0, 0.05) is 18.0 Å². The molecule has 0 unspecified atom stereocenters. The number of aryl methyl sites for hydroxylation is 1. The summed E-state index contributed by atoms with van der Waals surface area (Å²) in [7, 11) is 3.18. The van der Waals surface area contributed by atoms with E-state index in [9.17, 15) is 4.79 Å². The number of nitrogens with zero attached hydrogens (tertiary/aromatic N) is 2. The van der Waals surface area contributed by atoms with Crippen LogP contribution in [-0.2, 0) is 24.2 Å². The summed E-state index contributed by atoms with van der Waals surface area (Å²) in [5, 5.41) is 3.71. The summed E-state index contributed by atoms with van der Waals surface area (Å²) in [6.07, 6.45) is 4.09. The second-order valence-electron chi connectivity index (χ2n) is 9.00. The number of methoxy groups -OCH3 is 2. The van der Waals surface area contributed by atoms with E-state index in [-0.39, 0.29) is 5.91 Å². The molecule has 0 aliphatic carbocycles. The zero-order valence-corrected chi connectivity index (χ0v) is 22.7. The Hall–Kier alpha value is -3.71. The van der Waals surface area contributed by atoms with Crippen molar-refractivity contribution >= 4 is 28.5 Å². The van der Waals surface area contributed by atoms with Crippen molar-refractivity contribution < 1.29 is 19.0 Å². The first kappa shape index (κ1) is 27.3. The molecule has 0 spiro atoms. The Morgan fingerprint density at radius 1 is 0.947 bits per heavy atom. The number of hydrogen-bond acceptors (Lipinski definition) is 5. The van der Waals surface area contributed by atoms with Gasteiger partial charge >= 0.3 is 0 Å². The Labute approximate surface area is 228 Å². The van der Waals surface area contributed by atoms with Gasteiger partial charge in [-0.2, -0.15) is 0 Å². The number of ether oxygens (including phenoxy) is 3. The largest absolute Gasteiger partial charge is 0.493 e. The first-order chi connectivity index (χ1) is 18.6. The zero-order chi connectivity index (χ0) is 26.7. The van der Waals surface area contributed by atoms with Gasteiger partial charge in [-0.15, -0.1) is 0 Å². The average molecular weight is 536 g/mol. The van der Waals surface area contributed by atoms with Gasteiger partial charge in [-0.05, 0) is 66.9 Å². The van der Waals surface area contributed by atoms with Gasteiger partial charge in [-0.1, -0.05) is 36.2 Å². The summed E-state index contributed by atoms with van der Waals surface area (Å²) in [5.74, 6) is 3.14. The third kappa shape index (κ3) is 7.42. The van der Waals surface area contributed by atoms with Crippen LogP contribution in [-0.4, -0.2) is 42.8 Å². The molecule has 200 valence electrons. The molecule has 0 aliphatic rings. The number of hydrogen-bond donors (Lipinski definition) is 1. The number of nitrogens with one attached hydrogen (secondary N) is 1. The fourth-order valence-electron chi connectivity index (χ4n) is 4.40. The van der Waals surface area contributed by atoms with Gasteiger partial charge in [0.25, 0.3) is 0 Å². The van der Waals surface area contributed by atoms with E-state index in [0.29, 0.717) is 42.6 Å². The van der Waals surface area contributed by atoms with Gasteiger partial charge in [0.1, 0.15) is 18.2 Å². The number of para-hydroxylation sites is 2. The Balaban J connectivity index is 1.22. The molecule has 4 aromatic rings. The third-order valence-corrected chi connectivity index (χ3v) is 6.59. The summed E-state index contributed by atoms with van der Waals surface area (Å²) in [6.45, 7) is 1.91. The number of benzene rings is 3. The Bertz CT molecular complexity index is 1340. The number of aromatic nitrogens is 2. The highest BCUT2D eigenvalue weighted by Gasteiger charge is 2.11. The molecule has 0 bridgehead atoms. The van der Waals surface area contributed by atoms with Crippen LogP contribution in [0.4, 0.5) is 0 Å². The van der Waals surface area contributed by atoms with Crippen molar-refractivity contribution in [3.63, 3.8) is 0 Å². The van der Waals surface area contributed by atoms with E-state index in [1.54, 1.807) is 14.2 Å². The van der Waals surface area contributed by atoms with Crippen molar-refractivity contribution in [1.29, 1.82) is 0 Å². The lowest BCUT2D eigenvalue weighted by molar-refractivity contribution is -0.120. The molecule has 3 aromatic carbocycles. The van der Waals surface area contributed by atoms with Gasteiger partial charge in [-0.3, -0.25) is 4.79 Å². The first-order valence-electron chi connectivity index (χ1n) is 12.9. The molecule has 0 saturated heterocycles. The number of amides is 1. The smallest absolute Gasteiger partial charge is 0.224 e. The van der Waals surface area contributed by atoms with Crippen molar-refractivity contribution in [1.82, 2.24) is 14.9 Å². The molecule has 1 amide bonds. The first-order valence-corrected chi connectivity index (χ1v) is 13.3. The lowest BCUT2D eigenvalue weighted by Gasteiger charge is -2.11. The van der Waals surface area contributed by atoms with Crippen LogP contribution >= 0.6 is 11.6 Å². The van der Waals surface area contributed by atoms with Crippen LogP contribution in [0.3, 0.4) is 0 Å². The second-order valence-corrected chi connectivity index (χ2v) is 9.43. The van der Waals surface area contributed by atoms with Crippen LogP contribution in [0, 0.1) is 0 Å². The Morgan fingerprint density at radius 2 is 1.74 bits per heavy atom. The maximum absolute atomic E-state index is 12.4. The van der Waals surface area contributed by atoms with Crippen molar-refractivity contribution in [2.75, 3.05) is 27.4 Å². The lowest BCUT2D eigenvalue weighted by Crippen LogP contribution is -2.26. The number of halogens is 1. The summed E-state index contributed by atoms with van der Waals surface area (Å²) < 4.78 is 18.7. The minimum absolute atomic E-state index is 0.000278. The van der Waals surface area contributed by atoms with Gasteiger partial charge in [0.2, 0.25) is 5.91 Å². The molecule has 38 heavy (non-hydrogen) atoms. The normalized spacial score (nSPS) is 10.9. The standard InChI is InChI=1S/C30H34ClN3O4/c1-36-27-16-11-22(20-28(27)37-2)21-30(35)32-17-7-3-4-10-29-33-25-8-5-6-9-26(25)34(29)18-19-38-24-14-12-23(31)13-15-24/h5-6,8-9,11-16,20H,3-4,7,10,17-19,21H2,1-2H3,(H,32,35). The Morgan fingerprint density at radius 3 is 2.53 bits per heavy atom. The molecular weight excluding hydrogens is 502 g/mol. The van der Waals surface area contributed by atoms with Crippen molar-refractivity contribution in [3.05, 3.63) is 83.1 Å². The van der Waals surface area contributed by atoms with Gasteiger partial charge < -0.3 is 24.1 Å². The van der Waals surface area contributed by atoms with Crippen LogP contribution in [0.5, 0.6) is 17.2 Å². The maximum Gasteiger partial charge on any atom is 0.224 e. The summed E-state index contributed by atoms with van der Waals surface area (Å²) in [4.78, 5) is 17.2. The number of carbonyl (C=O) groups excluding carboxylic acids is 1. The molecule has 1 heterocycles. The number of rotatable bonds is 14. The molecular formula is C30H34ClN3O4. The Kier molecular flexibility index (Phi) is 9.87. The van der Waals surface area contributed by atoms with Crippen LogP contribution in [0.1, 0.15) is 30.7 Å². The molecule has 0 fully saturated rings. The topological polar surface area (TPSA) is 74.6 Å². The monoisotopic (exact) mass is 535 g/mol. The molecule has 0 aliphatic heterocycles. The quantitative estimate of drug-likeness (QED) is 0.205. The number of fused-ring (bicyclic) bond motifs is 1. The predicted molar refractivity (Wildman–Crippen MR) is 150 cm³/mol. The van der Waals surface area contributed by atoms with E-state index < -0.39 is 0 Å². The minimum atomic E-state index is -0.000278. The number of unbranched alkanes of at least 4 members (excludes halogenated alkanes) is 2. The van der Waals surface area contributed by atoms with Crippen LogP contribution in [0.15, 0.2) is 66.7 Å². The molecule has 8 heteroatoms. The van der Waals surface area contributed by atoms with Gasteiger partial charge in [0.05, 0.1) is 38.2 Å². The van der Waals surface area contributed by atoms with E-state index in [4.69, 9.17) is 30.8 Å². The third-order valence-electron chi connectivity index (χ3n) is 6.34. The van der Waals surface area contributed by atoms with E-state index in [1.807, 2.05) is 60.7 Å². The highest BCUT2D eigenvalue weighted by Crippen LogP contribution is 2.27. The van der Waals surface area contributed by atoms with Gasteiger partial charge in [-0.25, -0.2) is 4.98 Å². The van der Waals surface area contributed by atoms with Crippen LogP contribution in [0.2, 0.25) is 5.02 Å². The predicted octanol–water partition coefficient (Wildman–Crippen LogP) is 5.86. The fourth-order valence-corrected chi connectivity index (χ4v) is 4.53. The lowest BCUT2D eigenvalue weighted by atomic mass is 10.1. The highest BCUT2D eigenvalue weighted by molar-refractivity contribution is 6.30. The molecule has 1 N–H and O–H groups in total. The number of carbonyl (C=O) groups is 1. The molecule has 0 radical (unpaired) electrons. The second kappa shape index (κ2) is 13.7. The zero-order valence-electron chi connectivity index (χ0n) is 21.9. The molecule has 0 atom stereocenters. The maximum atomic E-state index is 12.4. The van der Waals surface area contributed by atoms with Crippen LogP contribution < -0.4 is 19.5 Å². The minimum Gasteiger partial charge on any atom is -0.493 e. The molecule has 1 aromatic heterocycles.